The van der Waals surface area contributed by atoms with Gasteiger partial charge in [-0.3, -0.25) is 14.6 Å². The van der Waals surface area contributed by atoms with E-state index in [9.17, 15) is 14.7 Å². The molecule has 31 heavy (non-hydrogen) atoms. The number of pyridine rings is 1. The number of hydrogen-bond acceptors (Lipinski definition) is 4. The van der Waals surface area contributed by atoms with Crippen molar-refractivity contribution in [3.8, 4) is 5.75 Å². The van der Waals surface area contributed by atoms with Crippen LogP contribution in [-0.2, 0) is 16.6 Å². The second-order valence-corrected chi connectivity index (χ2v) is 10.3. The fourth-order valence-electron chi connectivity index (χ4n) is 3.35. The van der Waals surface area contributed by atoms with Crippen LogP contribution in [0.15, 0.2) is 30.5 Å². The number of phenols is 1. The van der Waals surface area contributed by atoms with Gasteiger partial charge in [0.1, 0.15) is 11.4 Å². The normalized spacial score (nSPS) is 12.0. The molecular weight excluding hydrogens is 390 g/mol. The van der Waals surface area contributed by atoms with Gasteiger partial charge in [-0.15, -0.1) is 0 Å². The van der Waals surface area contributed by atoms with Gasteiger partial charge >= 0.3 is 0 Å². The molecule has 0 atom stereocenters. The molecule has 0 fully saturated rings. The first kappa shape index (κ1) is 24.4. The maximum atomic E-state index is 12.7. The molecule has 3 N–H and O–H groups in total. The van der Waals surface area contributed by atoms with Gasteiger partial charge in [0.15, 0.2) is 0 Å². The number of amides is 2. The Morgan fingerprint density at radius 2 is 1.71 bits per heavy atom. The van der Waals surface area contributed by atoms with Crippen molar-refractivity contribution >= 4 is 17.5 Å². The number of aromatic nitrogens is 1. The van der Waals surface area contributed by atoms with Crippen molar-refractivity contribution in [2.24, 2.45) is 0 Å². The number of nitrogens with zero attached hydrogens (tertiary/aromatic N) is 1. The quantitative estimate of drug-likeness (QED) is 0.634. The van der Waals surface area contributed by atoms with Crippen molar-refractivity contribution in [1.29, 1.82) is 0 Å². The van der Waals surface area contributed by atoms with Crippen molar-refractivity contribution in [1.82, 2.24) is 10.3 Å². The second-order valence-electron chi connectivity index (χ2n) is 10.3. The standard InChI is InChI=1S/C25H35N3O3/c1-15(2)18-14-19(24(3,4)5)21(29)11-16(18)12-22(30)27-17-9-10-26-20(13-17)23(31)28-25(6,7)8/h9-11,13-15,29H,12H2,1-8H3,(H,28,31)(H,26,27,30). The summed E-state index contributed by atoms with van der Waals surface area (Å²) in [5.41, 5.74) is 2.85. The fourth-order valence-corrected chi connectivity index (χ4v) is 3.35. The summed E-state index contributed by atoms with van der Waals surface area (Å²) in [4.78, 5) is 29.2. The highest BCUT2D eigenvalue weighted by Crippen LogP contribution is 2.35. The average Bonchev–Trinajstić information content (AvgIpc) is 2.59. The summed E-state index contributed by atoms with van der Waals surface area (Å²) in [5.74, 6) is -0.116. The van der Waals surface area contributed by atoms with E-state index in [1.54, 1.807) is 18.2 Å². The largest absolute Gasteiger partial charge is 0.508 e. The lowest BCUT2D eigenvalue weighted by Gasteiger charge is -2.24. The third-order valence-corrected chi connectivity index (χ3v) is 4.80. The van der Waals surface area contributed by atoms with Crippen LogP contribution in [0.3, 0.4) is 0 Å². The van der Waals surface area contributed by atoms with E-state index in [0.29, 0.717) is 5.69 Å². The van der Waals surface area contributed by atoms with Crippen LogP contribution in [0.4, 0.5) is 5.69 Å². The van der Waals surface area contributed by atoms with Gasteiger partial charge in [-0.2, -0.15) is 0 Å². The fraction of sp³-hybridized carbons (Fsp3) is 0.480. The number of carbonyl (C=O) groups excluding carboxylic acids is 2. The van der Waals surface area contributed by atoms with E-state index in [1.807, 2.05) is 26.8 Å². The summed E-state index contributed by atoms with van der Waals surface area (Å²) >= 11 is 0. The Morgan fingerprint density at radius 3 is 2.26 bits per heavy atom. The van der Waals surface area contributed by atoms with E-state index in [-0.39, 0.29) is 46.6 Å². The molecule has 6 heteroatoms. The van der Waals surface area contributed by atoms with E-state index in [4.69, 9.17) is 0 Å². The maximum absolute atomic E-state index is 12.7. The van der Waals surface area contributed by atoms with E-state index in [1.165, 1.54) is 6.20 Å². The van der Waals surface area contributed by atoms with Crippen LogP contribution >= 0.6 is 0 Å². The molecule has 0 unspecified atom stereocenters. The molecule has 0 aliphatic carbocycles. The number of rotatable bonds is 5. The number of benzene rings is 1. The van der Waals surface area contributed by atoms with Crippen LogP contribution in [0.5, 0.6) is 5.75 Å². The van der Waals surface area contributed by atoms with Gasteiger partial charge in [0.2, 0.25) is 5.91 Å². The predicted molar refractivity (Wildman–Crippen MR) is 125 cm³/mol. The van der Waals surface area contributed by atoms with Crippen LogP contribution in [-0.4, -0.2) is 27.4 Å². The molecule has 0 spiro atoms. The summed E-state index contributed by atoms with van der Waals surface area (Å²) in [5, 5.41) is 16.2. The Labute approximate surface area is 185 Å². The molecule has 1 aromatic heterocycles. The molecule has 2 rings (SSSR count). The van der Waals surface area contributed by atoms with E-state index < -0.39 is 0 Å². The molecular formula is C25H35N3O3. The molecule has 1 aromatic carbocycles. The number of anilines is 1. The van der Waals surface area contributed by atoms with Gasteiger partial charge < -0.3 is 15.7 Å². The lowest BCUT2D eigenvalue weighted by molar-refractivity contribution is -0.115. The van der Waals surface area contributed by atoms with Crippen LogP contribution < -0.4 is 10.6 Å². The third-order valence-electron chi connectivity index (χ3n) is 4.80. The monoisotopic (exact) mass is 425 g/mol. The zero-order valence-electron chi connectivity index (χ0n) is 19.9. The number of aromatic hydroxyl groups is 1. The summed E-state index contributed by atoms with van der Waals surface area (Å²) in [6.07, 6.45) is 1.62. The molecule has 168 valence electrons. The zero-order chi connectivity index (χ0) is 23.6. The van der Waals surface area contributed by atoms with Gasteiger partial charge in [-0.25, -0.2) is 0 Å². The van der Waals surface area contributed by atoms with Crippen LogP contribution in [0.2, 0.25) is 0 Å². The summed E-state index contributed by atoms with van der Waals surface area (Å²) in [6, 6.07) is 6.91. The lowest BCUT2D eigenvalue weighted by Crippen LogP contribution is -2.40. The first-order valence-electron chi connectivity index (χ1n) is 10.6. The van der Waals surface area contributed by atoms with Crippen molar-refractivity contribution in [3.05, 3.63) is 52.8 Å². The van der Waals surface area contributed by atoms with E-state index in [0.717, 1.165) is 16.7 Å². The predicted octanol–water partition coefficient (Wildman–Crippen LogP) is 4.92. The van der Waals surface area contributed by atoms with Crippen molar-refractivity contribution in [3.63, 3.8) is 0 Å². The van der Waals surface area contributed by atoms with Crippen LogP contribution in [0.1, 0.15) is 88.5 Å². The number of phenolic OH excluding ortho intramolecular Hbond substituents is 1. The Morgan fingerprint density at radius 1 is 1.06 bits per heavy atom. The van der Waals surface area contributed by atoms with Crippen molar-refractivity contribution in [2.75, 3.05) is 5.32 Å². The Kier molecular flexibility index (Phi) is 7.14. The highest BCUT2D eigenvalue weighted by atomic mass is 16.3. The molecule has 1 heterocycles. The smallest absolute Gasteiger partial charge is 0.270 e. The highest BCUT2D eigenvalue weighted by Gasteiger charge is 2.22. The summed E-state index contributed by atoms with van der Waals surface area (Å²) in [6.45, 7) is 16.0. The second kappa shape index (κ2) is 9.08. The topological polar surface area (TPSA) is 91.3 Å². The number of nitrogens with one attached hydrogen (secondary N) is 2. The summed E-state index contributed by atoms with van der Waals surface area (Å²) in [7, 11) is 0. The minimum Gasteiger partial charge on any atom is -0.508 e. The van der Waals surface area contributed by atoms with Crippen molar-refractivity contribution in [2.45, 2.75) is 78.7 Å². The van der Waals surface area contributed by atoms with E-state index in [2.05, 4.69) is 50.2 Å². The first-order valence-corrected chi connectivity index (χ1v) is 10.6. The van der Waals surface area contributed by atoms with E-state index >= 15 is 0 Å². The molecule has 6 nitrogen and oxygen atoms in total. The Bertz CT molecular complexity index is 967. The zero-order valence-corrected chi connectivity index (χ0v) is 19.9. The molecule has 2 aromatic rings. The molecule has 0 radical (unpaired) electrons. The highest BCUT2D eigenvalue weighted by molar-refractivity contribution is 5.96. The van der Waals surface area contributed by atoms with Gasteiger partial charge in [-0.1, -0.05) is 40.7 Å². The number of hydrogen-bond donors (Lipinski definition) is 3. The number of carbonyl (C=O) groups is 2. The molecule has 0 aliphatic rings. The average molecular weight is 426 g/mol. The minimum atomic E-state index is -0.382. The maximum Gasteiger partial charge on any atom is 0.270 e. The third kappa shape index (κ3) is 6.81. The van der Waals surface area contributed by atoms with Gasteiger partial charge in [0.05, 0.1) is 6.42 Å². The lowest BCUT2D eigenvalue weighted by atomic mass is 9.82. The van der Waals surface area contributed by atoms with Crippen LogP contribution in [0, 0.1) is 0 Å². The van der Waals surface area contributed by atoms with Gasteiger partial charge in [0.25, 0.3) is 5.91 Å². The Balaban J connectivity index is 2.22. The Hall–Kier alpha value is -2.89. The van der Waals surface area contributed by atoms with Crippen molar-refractivity contribution < 1.29 is 14.7 Å². The van der Waals surface area contributed by atoms with Gasteiger partial charge in [0, 0.05) is 17.4 Å². The minimum absolute atomic E-state index is 0.122. The SMILES string of the molecule is CC(C)c1cc(C(C)(C)C)c(O)cc1CC(=O)Nc1ccnc(C(=O)NC(C)(C)C)c1. The molecule has 0 saturated heterocycles. The molecule has 0 saturated carbocycles. The van der Waals surface area contributed by atoms with Crippen LogP contribution in [0.25, 0.3) is 0 Å². The molecule has 0 bridgehead atoms. The summed E-state index contributed by atoms with van der Waals surface area (Å²) < 4.78 is 0. The first-order chi connectivity index (χ1) is 14.2. The molecule has 0 aliphatic heterocycles. The van der Waals surface area contributed by atoms with Gasteiger partial charge in [-0.05, 0) is 67.0 Å². The molecule has 2 amide bonds.